The van der Waals surface area contributed by atoms with Crippen molar-refractivity contribution in [2.75, 3.05) is 23.2 Å². The predicted molar refractivity (Wildman–Crippen MR) is 149 cm³/mol. The average Bonchev–Trinajstić information content (AvgIpc) is 3.37. The number of esters is 2. The second-order valence-corrected chi connectivity index (χ2v) is 10.8. The standard InChI is InChI=1S/C28H24F4N4O7S/c1-36-25(10-12-34-36)33-11-3-13-42-26(38)21-8-7-19(16-24(21)43-27(39)28(30,31)32)35-44(40,41)20-5-2-4-17(14-20)22-15-18(29)6-9-23(22)37/h2,4-10,12,14-16,33,35,37H,3,11,13H2,1H3. The van der Waals surface area contributed by atoms with E-state index in [-0.39, 0.29) is 34.1 Å². The molecule has 0 radical (unpaired) electrons. The SMILES string of the molecule is Cn1nccc1NCCCOC(=O)c1ccc(NS(=O)(=O)c2cccc(-c3cc(F)ccc3O)c2)cc1OC(=O)C(F)(F)F. The molecule has 0 aliphatic carbocycles. The van der Waals surface area contributed by atoms with E-state index in [1.54, 1.807) is 24.0 Å². The second kappa shape index (κ2) is 13.0. The third-order valence-electron chi connectivity index (χ3n) is 5.98. The lowest BCUT2D eigenvalue weighted by atomic mass is 10.0. The Balaban J connectivity index is 1.53. The number of aromatic nitrogens is 2. The van der Waals surface area contributed by atoms with Crippen LogP contribution < -0.4 is 14.8 Å². The maximum Gasteiger partial charge on any atom is 0.491 e. The van der Waals surface area contributed by atoms with Crippen molar-refractivity contribution in [2.24, 2.45) is 7.05 Å². The number of benzene rings is 3. The zero-order valence-electron chi connectivity index (χ0n) is 22.8. The Morgan fingerprint density at radius 2 is 1.82 bits per heavy atom. The van der Waals surface area contributed by atoms with Gasteiger partial charge in [-0.15, -0.1) is 0 Å². The molecule has 0 saturated heterocycles. The molecule has 232 valence electrons. The maximum atomic E-state index is 13.7. The molecule has 11 nitrogen and oxygen atoms in total. The molecule has 1 heterocycles. The van der Waals surface area contributed by atoms with Crippen LogP contribution >= 0.6 is 0 Å². The number of sulfonamides is 1. The van der Waals surface area contributed by atoms with Crippen molar-refractivity contribution in [2.45, 2.75) is 17.5 Å². The summed E-state index contributed by atoms with van der Waals surface area (Å²) in [5.74, 6) is -4.94. The van der Waals surface area contributed by atoms with E-state index in [1.165, 1.54) is 18.2 Å². The fraction of sp³-hybridized carbons (Fsp3) is 0.179. The minimum absolute atomic E-state index is 0.0130. The number of nitrogens with zero attached hydrogens (tertiary/aromatic N) is 2. The summed E-state index contributed by atoms with van der Waals surface area (Å²) in [5, 5.41) is 17.1. The van der Waals surface area contributed by atoms with Crippen LogP contribution in [0, 0.1) is 5.82 Å². The van der Waals surface area contributed by atoms with E-state index in [9.17, 15) is 40.7 Å². The van der Waals surface area contributed by atoms with E-state index in [2.05, 4.69) is 19.9 Å². The molecule has 0 fully saturated rings. The monoisotopic (exact) mass is 636 g/mol. The van der Waals surface area contributed by atoms with Gasteiger partial charge in [0.25, 0.3) is 10.0 Å². The summed E-state index contributed by atoms with van der Waals surface area (Å²) in [7, 11) is -2.72. The third-order valence-corrected chi connectivity index (χ3v) is 7.36. The van der Waals surface area contributed by atoms with E-state index in [1.807, 2.05) is 0 Å². The van der Waals surface area contributed by atoms with Crippen LogP contribution in [0.4, 0.5) is 29.1 Å². The molecule has 0 aliphatic rings. The Morgan fingerprint density at radius 1 is 1.05 bits per heavy atom. The summed E-state index contributed by atoms with van der Waals surface area (Å²) in [6.45, 7) is 0.214. The number of phenolic OH excluding ortho intramolecular Hbond substituents is 1. The van der Waals surface area contributed by atoms with E-state index < -0.39 is 45.3 Å². The zero-order chi connectivity index (χ0) is 32.1. The van der Waals surface area contributed by atoms with Crippen molar-refractivity contribution in [1.82, 2.24) is 9.78 Å². The lowest BCUT2D eigenvalue weighted by molar-refractivity contribution is -0.189. The van der Waals surface area contributed by atoms with Crippen molar-refractivity contribution in [3.63, 3.8) is 0 Å². The van der Waals surface area contributed by atoms with Gasteiger partial charge in [0.2, 0.25) is 0 Å². The highest BCUT2D eigenvalue weighted by Gasteiger charge is 2.42. The largest absolute Gasteiger partial charge is 0.507 e. The number of hydrogen-bond donors (Lipinski definition) is 3. The van der Waals surface area contributed by atoms with Crippen molar-refractivity contribution >= 4 is 33.5 Å². The van der Waals surface area contributed by atoms with E-state index in [0.717, 1.165) is 42.5 Å². The Morgan fingerprint density at radius 3 is 2.52 bits per heavy atom. The minimum atomic E-state index is -5.42. The Kier molecular flexibility index (Phi) is 9.42. The van der Waals surface area contributed by atoms with Crippen LogP contribution in [0.2, 0.25) is 0 Å². The summed E-state index contributed by atoms with van der Waals surface area (Å²) in [6.07, 6.45) is -3.54. The number of alkyl halides is 3. The Hall–Kier alpha value is -5.12. The van der Waals surface area contributed by atoms with Gasteiger partial charge in [-0.1, -0.05) is 12.1 Å². The quantitative estimate of drug-likeness (QED) is 0.0909. The van der Waals surface area contributed by atoms with Gasteiger partial charge in [-0.05, 0) is 54.4 Å². The number of carbonyl (C=O) groups excluding carboxylic acids is 2. The van der Waals surface area contributed by atoms with Gasteiger partial charge >= 0.3 is 18.1 Å². The molecule has 44 heavy (non-hydrogen) atoms. The number of aryl methyl sites for hydroxylation is 1. The Labute approximate surface area is 248 Å². The molecular formula is C28H24F4N4O7S. The first-order valence-corrected chi connectivity index (χ1v) is 14.2. The molecule has 0 aliphatic heterocycles. The molecule has 4 rings (SSSR count). The molecule has 16 heteroatoms. The number of nitrogens with one attached hydrogen (secondary N) is 2. The van der Waals surface area contributed by atoms with Crippen LogP contribution in [-0.2, 0) is 26.6 Å². The highest BCUT2D eigenvalue weighted by molar-refractivity contribution is 7.92. The molecule has 0 atom stereocenters. The van der Waals surface area contributed by atoms with Crippen LogP contribution in [0.1, 0.15) is 16.8 Å². The first-order valence-electron chi connectivity index (χ1n) is 12.7. The van der Waals surface area contributed by atoms with Gasteiger partial charge in [0.1, 0.15) is 28.7 Å². The van der Waals surface area contributed by atoms with Gasteiger partial charge < -0.3 is 19.9 Å². The second-order valence-electron chi connectivity index (χ2n) is 9.15. The smallest absolute Gasteiger partial charge is 0.491 e. The van der Waals surface area contributed by atoms with Crippen LogP contribution in [0.15, 0.2) is 77.8 Å². The number of phenols is 1. The molecule has 0 unspecified atom stereocenters. The number of halogens is 4. The van der Waals surface area contributed by atoms with Gasteiger partial charge in [-0.3, -0.25) is 9.40 Å². The van der Waals surface area contributed by atoms with Crippen molar-refractivity contribution in [1.29, 1.82) is 0 Å². The van der Waals surface area contributed by atoms with Crippen molar-refractivity contribution in [3.05, 3.63) is 84.3 Å². The molecular weight excluding hydrogens is 612 g/mol. The molecule has 1 aromatic heterocycles. The fourth-order valence-corrected chi connectivity index (χ4v) is 4.95. The van der Waals surface area contributed by atoms with Gasteiger partial charge in [0.05, 0.1) is 23.4 Å². The van der Waals surface area contributed by atoms with Crippen LogP contribution in [-0.4, -0.2) is 54.6 Å². The van der Waals surface area contributed by atoms with Crippen LogP contribution in [0.25, 0.3) is 11.1 Å². The molecule has 4 aromatic rings. The van der Waals surface area contributed by atoms with Gasteiger partial charge in [-0.2, -0.15) is 18.3 Å². The summed E-state index contributed by atoms with van der Waals surface area (Å²) in [6, 6.07) is 12.6. The predicted octanol–water partition coefficient (Wildman–Crippen LogP) is 4.86. The molecule has 3 N–H and O–H groups in total. The van der Waals surface area contributed by atoms with E-state index in [4.69, 9.17) is 4.74 Å². The first-order chi connectivity index (χ1) is 20.7. The van der Waals surface area contributed by atoms with Gasteiger partial charge in [0.15, 0.2) is 0 Å². The average molecular weight is 637 g/mol. The number of rotatable bonds is 11. The van der Waals surface area contributed by atoms with Gasteiger partial charge in [0, 0.05) is 31.3 Å². The van der Waals surface area contributed by atoms with Gasteiger partial charge in [-0.25, -0.2) is 22.4 Å². The van der Waals surface area contributed by atoms with Crippen molar-refractivity contribution < 1.29 is 50.1 Å². The van der Waals surface area contributed by atoms with E-state index >= 15 is 0 Å². The fourth-order valence-electron chi connectivity index (χ4n) is 3.86. The highest BCUT2D eigenvalue weighted by Crippen LogP contribution is 2.32. The Bertz CT molecular complexity index is 1790. The van der Waals surface area contributed by atoms with E-state index in [0.29, 0.717) is 18.8 Å². The molecule has 0 bridgehead atoms. The molecule has 0 spiro atoms. The van der Waals surface area contributed by atoms with Crippen LogP contribution in [0.5, 0.6) is 11.5 Å². The summed E-state index contributed by atoms with van der Waals surface area (Å²) in [5.41, 5.74) is -0.753. The number of anilines is 2. The highest BCUT2D eigenvalue weighted by atomic mass is 32.2. The molecule has 0 saturated carbocycles. The molecule has 3 aromatic carbocycles. The lowest BCUT2D eigenvalue weighted by Gasteiger charge is -2.15. The summed E-state index contributed by atoms with van der Waals surface area (Å²) in [4.78, 5) is 23.9. The number of ether oxygens (including phenoxy) is 2. The van der Waals surface area contributed by atoms with Crippen LogP contribution in [0.3, 0.4) is 0 Å². The lowest BCUT2D eigenvalue weighted by Crippen LogP contribution is -2.28. The third kappa shape index (κ3) is 7.83. The number of aromatic hydroxyl groups is 1. The topological polar surface area (TPSA) is 149 Å². The first kappa shape index (κ1) is 31.8. The maximum absolute atomic E-state index is 13.7. The molecule has 0 amide bonds. The number of carbonyl (C=O) groups is 2. The summed E-state index contributed by atoms with van der Waals surface area (Å²) < 4.78 is 92.1. The van der Waals surface area contributed by atoms with Crippen molar-refractivity contribution in [3.8, 4) is 22.6 Å². The normalized spacial score (nSPS) is 11.6. The number of hydrogen-bond acceptors (Lipinski definition) is 9. The zero-order valence-corrected chi connectivity index (χ0v) is 23.6. The summed E-state index contributed by atoms with van der Waals surface area (Å²) >= 11 is 0. The minimum Gasteiger partial charge on any atom is -0.507 e.